The summed E-state index contributed by atoms with van der Waals surface area (Å²) in [6.45, 7) is 5.53. The number of para-hydroxylation sites is 1. The molecular weight excluding hydrogens is 458 g/mol. The lowest BCUT2D eigenvalue weighted by Crippen LogP contribution is -2.22. The van der Waals surface area contributed by atoms with Gasteiger partial charge in [-0.25, -0.2) is 9.71 Å². The average molecular weight is 486 g/mol. The van der Waals surface area contributed by atoms with Gasteiger partial charge in [0.25, 0.3) is 0 Å². The summed E-state index contributed by atoms with van der Waals surface area (Å²) in [5.41, 5.74) is 5.07. The quantitative estimate of drug-likeness (QED) is 0.226. The highest BCUT2D eigenvalue weighted by molar-refractivity contribution is 7.91. The van der Waals surface area contributed by atoms with Crippen molar-refractivity contribution in [3.63, 3.8) is 0 Å². The third-order valence-corrected chi connectivity index (χ3v) is 6.86. The molecule has 0 aliphatic carbocycles. The van der Waals surface area contributed by atoms with Gasteiger partial charge in [-0.05, 0) is 43.3 Å². The Bertz CT molecular complexity index is 1290. The molecule has 0 spiro atoms. The molecule has 0 radical (unpaired) electrons. The highest BCUT2D eigenvalue weighted by Crippen LogP contribution is 2.26. The van der Waals surface area contributed by atoms with Crippen LogP contribution in [-0.4, -0.2) is 42.2 Å². The summed E-state index contributed by atoms with van der Waals surface area (Å²) >= 11 is 1.31. The van der Waals surface area contributed by atoms with E-state index in [4.69, 9.17) is 0 Å². The summed E-state index contributed by atoms with van der Waals surface area (Å²) in [5.74, 6) is 0.271. The predicted molar refractivity (Wildman–Crippen MR) is 135 cm³/mol. The second kappa shape index (κ2) is 10.6. The summed E-state index contributed by atoms with van der Waals surface area (Å²) in [6, 6.07) is 13.6. The van der Waals surface area contributed by atoms with Crippen LogP contribution >= 0.6 is 11.3 Å². The van der Waals surface area contributed by atoms with Crippen LogP contribution in [0.3, 0.4) is 0 Å². The summed E-state index contributed by atoms with van der Waals surface area (Å²) in [7, 11) is -3.92. The molecule has 11 heteroatoms. The van der Waals surface area contributed by atoms with Gasteiger partial charge in [-0.2, -0.15) is 13.5 Å². The molecule has 0 aliphatic heterocycles. The first-order chi connectivity index (χ1) is 16.1. The molecule has 33 heavy (non-hydrogen) atoms. The molecule has 4 aromatic rings. The van der Waals surface area contributed by atoms with Crippen LogP contribution in [0.5, 0.6) is 0 Å². The minimum Gasteiger partial charge on any atom is -0.385 e. The number of aromatic nitrogens is 3. The Kier molecular flexibility index (Phi) is 7.43. The molecule has 0 saturated carbocycles. The highest BCUT2D eigenvalue weighted by atomic mass is 32.2. The number of anilines is 3. The number of nitrogens with one attached hydrogen (secondary N) is 4. The van der Waals surface area contributed by atoms with Crippen molar-refractivity contribution < 1.29 is 8.42 Å². The topological polar surface area (TPSA) is 113 Å². The van der Waals surface area contributed by atoms with E-state index < -0.39 is 10.2 Å². The summed E-state index contributed by atoms with van der Waals surface area (Å²) < 4.78 is 29.0. The van der Waals surface area contributed by atoms with Gasteiger partial charge < -0.3 is 16.0 Å². The fraction of sp³-hybridized carbons (Fsp3) is 0.273. The molecule has 0 saturated heterocycles. The molecule has 4 N–H and O–H groups in total. The van der Waals surface area contributed by atoms with Crippen LogP contribution < -0.4 is 20.7 Å². The van der Waals surface area contributed by atoms with Crippen LogP contribution in [0.1, 0.15) is 18.9 Å². The van der Waals surface area contributed by atoms with E-state index in [-0.39, 0.29) is 5.82 Å². The van der Waals surface area contributed by atoms with Crippen molar-refractivity contribution in [3.8, 4) is 0 Å². The largest absolute Gasteiger partial charge is 0.385 e. The van der Waals surface area contributed by atoms with Crippen LogP contribution in [0.2, 0.25) is 0 Å². The second-order valence-electron chi connectivity index (χ2n) is 7.35. The molecule has 0 bridgehead atoms. The molecule has 2 heterocycles. The second-order valence-corrected chi connectivity index (χ2v) is 9.57. The van der Waals surface area contributed by atoms with Gasteiger partial charge in [-0.3, -0.25) is 0 Å². The van der Waals surface area contributed by atoms with E-state index in [9.17, 15) is 8.42 Å². The van der Waals surface area contributed by atoms with E-state index >= 15 is 0 Å². The number of nitrogens with zero attached hydrogens (tertiary/aromatic N) is 3. The number of hydrogen-bond acceptors (Lipinski definition) is 8. The van der Waals surface area contributed by atoms with E-state index in [1.807, 2.05) is 24.3 Å². The summed E-state index contributed by atoms with van der Waals surface area (Å²) in [5, 5.41) is 16.7. The Balaban J connectivity index is 1.48. The SMILES string of the molecule is CCNCCCNc1ccccc1CNc1cccc2c1cnn2S(=O)(=O)Nc1cscn1. The van der Waals surface area contributed by atoms with Crippen LogP contribution in [0.4, 0.5) is 17.2 Å². The van der Waals surface area contributed by atoms with E-state index in [0.717, 1.165) is 52.5 Å². The lowest BCUT2D eigenvalue weighted by molar-refractivity contribution is 0.587. The minimum atomic E-state index is -3.92. The van der Waals surface area contributed by atoms with E-state index in [1.54, 1.807) is 23.2 Å². The molecule has 4 rings (SSSR count). The van der Waals surface area contributed by atoms with Gasteiger partial charge in [-0.15, -0.1) is 15.4 Å². The third-order valence-electron chi connectivity index (χ3n) is 5.06. The molecule has 2 aromatic heterocycles. The summed E-state index contributed by atoms with van der Waals surface area (Å²) in [6.07, 6.45) is 2.60. The van der Waals surface area contributed by atoms with Crippen molar-refractivity contribution in [1.29, 1.82) is 0 Å². The zero-order valence-electron chi connectivity index (χ0n) is 18.3. The van der Waals surface area contributed by atoms with Gasteiger partial charge >= 0.3 is 10.2 Å². The fourth-order valence-corrected chi connectivity index (χ4v) is 5.07. The molecule has 2 aromatic carbocycles. The number of benzene rings is 2. The van der Waals surface area contributed by atoms with Gasteiger partial charge in [0.15, 0.2) is 5.82 Å². The van der Waals surface area contributed by atoms with Crippen LogP contribution in [-0.2, 0) is 16.8 Å². The van der Waals surface area contributed by atoms with Crippen LogP contribution in [0.25, 0.3) is 10.9 Å². The Morgan fingerprint density at radius 2 is 1.88 bits per heavy atom. The molecule has 0 fully saturated rings. The number of hydrogen-bond donors (Lipinski definition) is 4. The normalized spacial score (nSPS) is 11.5. The first kappa shape index (κ1) is 23.0. The fourth-order valence-electron chi connectivity index (χ4n) is 3.46. The van der Waals surface area contributed by atoms with Gasteiger partial charge in [0.05, 0.1) is 17.2 Å². The summed E-state index contributed by atoms with van der Waals surface area (Å²) in [4.78, 5) is 3.98. The maximum absolute atomic E-state index is 12.8. The molecule has 0 atom stereocenters. The van der Waals surface area contributed by atoms with E-state index in [0.29, 0.717) is 12.1 Å². The van der Waals surface area contributed by atoms with E-state index in [2.05, 4.69) is 49.8 Å². The predicted octanol–water partition coefficient (Wildman–Crippen LogP) is 3.72. The molecule has 0 amide bonds. The average Bonchev–Trinajstić information content (AvgIpc) is 3.48. The maximum Gasteiger partial charge on any atom is 0.344 e. The smallest absolute Gasteiger partial charge is 0.344 e. The molecular formula is C22H27N7O2S2. The molecule has 9 nitrogen and oxygen atoms in total. The Hall–Kier alpha value is -3.15. The van der Waals surface area contributed by atoms with Gasteiger partial charge in [-0.1, -0.05) is 31.2 Å². The van der Waals surface area contributed by atoms with Crippen molar-refractivity contribution in [2.75, 3.05) is 35.0 Å². The molecule has 0 unspecified atom stereocenters. The van der Waals surface area contributed by atoms with Gasteiger partial charge in [0.2, 0.25) is 0 Å². The molecule has 174 valence electrons. The Morgan fingerprint density at radius 1 is 1.03 bits per heavy atom. The zero-order chi connectivity index (χ0) is 23.1. The number of thiazole rings is 1. The lowest BCUT2D eigenvalue weighted by Gasteiger charge is -2.14. The van der Waals surface area contributed by atoms with Gasteiger partial charge in [0.1, 0.15) is 0 Å². The Labute approximate surface area is 197 Å². The van der Waals surface area contributed by atoms with Crippen molar-refractivity contribution in [3.05, 3.63) is 65.1 Å². The van der Waals surface area contributed by atoms with Crippen molar-refractivity contribution in [2.45, 2.75) is 19.9 Å². The molecule has 0 aliphatic rings. The van der Waals surface area contributed by atoms with Crippen LogP contribution in [0.15, 0.2) is 59.6 Å². The highest BCUT2D eigenvalue weighted by Gasteiger charge is 2.19. The minimum absolute atomic E-state index is 0.271. The van der Waals surface area contributed by atoms with Crippen molar-refractivity contribution in [1.82, 2.24) is 19.5 Å². The number of rotatable bonds is 12. The van der Waals surface area contributed by atoms with E-state index in [1.165, 1.54) is 11.3 Å². The number of fused-ring (bicyclic) bond motifs is 1. The zero-order valence-corrected chi connectivity index (χ0v) is 19.9. The van der Waals surface area contributed by atoms with Crippen molar-refractivity contribution >= 4 is 49.6 Å². The van der Waals surface area contributed by atoms with Crippen molar-refractivity contribution in [2.24, 2.45) is 0 Å². The van der Waals surface area contributed by atoms with Crippen LogP contribution in [0, 0.1) is 0 Å². The lowest BCUT2D eigenvalue weighted by atomic mass is 10.1. The third kappa shape index (κ3) is 5.62. The maximum atomic E-state index is 12.8. The standard InChI is InChI=1S/C22H27N7O2S2/c1-2-23-11-6-12-24-19-8-4-3-7-17(19)13-25-20-9-5-10-21-18(20)14-27-29(21)33(30,31)28-22-15-32-16-26-22/h3-5,7-10,14-16,23-25,28H,2,6,11-13H2,1H3. The Morgan fingerprint density at radius 3 is 2.70 bits per heavy atom. The monoisotopic (exact) mass is 485 g/mol. The first-order valence-corrected chi connectivity index (χ1v) is 13.1. The first-order valence-electron chi connectivity index (χ1n) is 10.7. The van der Waals surface area contributed by atoms with Gasteiger partial charge in [0, 0.05) is 35.2 Å².